The third-order valence-corrected chi connectivity index (χ3v) is 2.95. The number of rotatable bonds is 7. The van der Waals surface area contributed by atoms with Crippen molar-refractivity contribution in [3.05, 3.63) is 42.2 Å². The average molecular weight is 275 g/mol. The number of benzene rings is 1. The molecule has 1 unspecified atom stereocenters. The molecule has 0 fully saturated rings. The first-order valence-electron chi connectivity index (χ1n) is 6.81. The molecule has 0 spiro atoms. The highest BCUT2D eigenvalue weighted by Crippen LogP contribution is 2.14. The van der Waals surface area contributed by atoms with Gasteiger partial charge >= 0.3 is 0 Å². The van der Waals surface area contributed by atoms with Gasteiger partial charge in [0.05, 0.1) is 11.4 Å². The normalized spacial score (nSPS) is 12.2. The molecule has 1 heterocycles. The fourth-order valence-electron chi connectivity index (χ4n) is 1.94. The number of nitrogens with zero attached hydrogens (tertiary/aromatic N) is 2. The molecule has 1 aromatic carbocycles. The Bertz CT molecular complexity index is 525. The van der Waals surface area contributed by atoms with Crippen molar-refractivity contribution in [2.45, 2.75) is 19.4 Å². The van der Waals surface area contributed by atoms with Crippen molar-refractivity contribution in [2.24, 2.45) is 7.05 Å². The molecule has 1 aromatic heterocycles. The fourth-order valence-corrected chi connectivity index (χ4v) is 1.94. The van der Waals surface area contributed by atoms with Crippen LogP contribution in [0.25, 0.3) is 0 Å². The number of aromatic nitrogens is 2. The second-order valence-corrected chi connectivity index (χ2v) is 4.68. The van der Waals surface area contributed by atoms with E-state index in [9.17, 15) is 5.11 Å². The van der Waals surface area contributed by atoms with Crippen molar-refractivity contribution in [3.63, 3.8) is 0 Å². The lowest BCUT2D eigenvalue weighted by molar-refractivity contribution is 0.117. The van der Waals surface area contributed by atoms with Crippen LogP contribution in [0.3, 0.4) is 0 Å². The number of anilines is 1. The first kappa shape index (κ1) is 14.4. The molecular weight excluding hydrogens is 254 g/mol. The van der Waals surface area contributed by atoms with Crippen LogP contribution < -0.4 is 10.1 Å². The zero-order valence-corrected chi connectivity index (χ0v) is 11.9. The Kier molecular flexibility index (Phi) is 5.01. The number of ether oxygens (including phenoxy) is 1. The topological polar surface area (TPSA) is 59.3 Å². The zero-order valence-electron chi connectivity index (χ0n) is 11.9. The summed E-state index contributed by atoms with van der Waals surface area (Å²) in [6, 6.07) is 9.48. The van der Waals surface area contributed by atoms with Gasteiger partial charge in [-0.2, -0.15) is 5.10 Å². The fraction of sp³-hybridized carbons (Fsp3) is 0.400. The molecule has 108 valence electrons. The van der Waals surface area contributed by atoms with E-state index in [0.29, 0.717) is 6.54 Å². The molecule has 0 aliphatic carbocycles. The van der Waals surface area contributed by atoms with Gasteiger partial charge in [-0.15, -0.1) is 0 Å². The molecule has 0 amide bonds. The number of nitrogens with one attached hydrogen (secondary N) is 1. The number of hydrogen-bond acceptors (Lipinski definition) is 4. The SMILES string of the molecule is CCc1nn(C)cc1NCC(O)COc1ccccc1. The van der Waals surface area contributed by atoms with E-state index < -0.39 is 6.10 Å². The lowest BCUT2D eigenvalue weighted by Gasteiger charge is -2.13. The Labute approximate surface area is 119 Å². The minimum atomic E-state index is -0.569. The van der Waals surface area contributed by atoms with Crippen LogP contribution in [0.15, 0.2) is 36.5 Å². The van der Waals surface area contributed by atoms with Gasteiger partial charge in [-0.1, -0.05) is 25.1 Å². The minimum Gasteiger partial charge on any atom is -0.491 e. The second-order valence-electron chi connectivity index (χ2n) is 4.68. The van der Waals surface area contributed by atoms with Crippen LogP contribution in [0.4, 0.5) is 5.69 Å². The molecule has 0 saturated heterocycles. The summed E-state index contributed by atoms with van der Waals surface area (Å²) in [5, 5.41) is 17.5. The summed E-state index contributed by atoms with van der Waals surface area (Å²) >= 11 is 0. The van der Waals surface area contributed by atoms with Crippen LogP contribution in [0.5, 0.6) is 5.75 Å². The highest BCUT2D eigenvalue weighted by atomic mass is 16.5. The molecule has 2 rings (SSSR count). The van der Waals surface area contributed by atoms with Crippen molar-refractivity contribution >= 4 is 5.69 Å². The Morgan fingerprint density at radius 3 is 2.80 bits per heavy atom. The van der Waals surface area contributed by atoms with Crippen LogP contribution >= 0.6 is 0 Å². The first-order chi connectivity index (χ1) is 9.69. The summed E-state index contributed by atoms with van der Waals surface area (Å²) in [7, 11) is 1.89. The van der Waals surface area contributed by atoms with E-state index in [1.54, 1.807) is 4.68 Å². The van der Waals surface area contributed by atoms with Crippen LogP contribution in [0.1, 0.15) is 12.6 Å². The van der Waals surface area contributed by atoms with Crippen LogP contribution in [0, 0.1) is 0 Å². The zero-order chi connectivity index (χ0) is 14.4. The van der Waals surface area contributed by atoms with Gasteiger partial charge in [0.2, 0.25) is 0 Å². The summed E-state index contributed by atoms with van der Waals surface area (Å²) in [5.41, 5.74) is 1.97. The Morgan fingerprint density at radius 2 is 2.10 bits per heavy atom. The van der Waals surface area contributed by atoms with Crippen molar-refractivity contribution in [3.8, 4) is 5.75 Å². The maximum atomic E-state index is 9.93. The van der Waals surface area contributed by atoms with Gasteiger partial charge in [0, 0.05) is 19.8 Å². The maximum Gasteiger partial charge on any atom is 0.119 e. The van der Waals surface area contributed by atoms with E-state index in [1.165, 1.54) is 0 Å². The largest absolute Gasteiger partial charge is 0.491 e. The van der Waals surface area contributed by atoms with E-state index in [2.05, 4.69) is 17.3 Å². The third kappa shape index (κ3) is 3.99. The molecule has 0 radical (unpaired) electrons. The Hall–Kier alpha value is -2.01. The Morgan fingerprint density at radius 1 is 1.35 bits per heavy atom. The average Bonchev–Trinajstić information content (AvgIpc) is 2.84. The third-order valence-electron chi connectivity index (χ3n) is 2.95. The van der Waals surface area contributed by atoms with E-state index in [4.69, 9.17) is 4.74 Å². The van der Waals surface area contributed by atoms with Crippen molar-refractivity contribution in [2.75, 3.05) is 18.5 Å². The number of aliphatic hydroxyl groups is 1. The maximum absolute atomic E-state index is 9.93. The molecule has 0 bridgehead atoms. The summed E-state index contributed by atoms with van der Waals surface area (Å²) in [6.07, 6.45) is 2.21. The van der Waals surface area contributed by atoms with Crippen LogP contribution in [0.2, 0.25) is 0 Å². The van der Waals surface area contributed by atoms with E-state index >= 15 is 0 Å². The molecule has 20 heavy (non-hydrogen) atoms. The van der Waals surface area contributed by atoms with Crippen LogP contribution in [-0.2, 0) is 13.5 Å². The molecule has 0 aliphatic rings. The van der Waals surface area contributed by atoms with Gasteiger partial charge in [0.25, 0.3) is 0 Å². The van der Waals surface area contributed by atoms with Gasteiger partial charge in [-0.3, -0.25) is 4.68 Å². The summed E-state index contributed by atoms with van der Waals surface area (Å²) < 4.78 is 7.28. The number of hydrogen-bond donors (Lipinski definition) is 2. The van der Waals surface area contributed by atoms with Gasteiger partial charge in [-0.25, -0.2) is 0 Å². The number of aliphatic hydroxyl groups excluding tert-OH is 1. The van der Waals surface area contributed by atoms with Gasteiger partial charge in [0.15, 0.2) is 0 Å². The quantitative estimate of drug-likeness (QED) is 0.809. The molecule has 5 nitrogen and oxygen atoms in total. The smallest absolute Gasteiger partial charge is 0.119 e. The summed E-state index contributed by atoms with van der Waals surface area (Å²) in [6.45, 7) is 2.76. The second kappa shape index (κ2) is 6.96. The van der Waals surface area contributed by atoms with Crippen molar-refractivity contribution < 1.29 is 9.84 Å². The molecular formula is C15H21N3O2. The summed E-state index contributed by atoms with van der Waals surface area (Å²) in [4.78, 5) is 0. The highest BCUT2D eigenvalue weighted by Gasteiger charge is 2.09. The lowest BCUT2D eigenvalue weighted by atomic mass is 10.3. The molecule has 2 N–H and O–H groups in total. The van der Waals surface area contributed by atoms with E-state index in [1.807, 2.05) is 43.6 Å². The number of para-hydroxylation sites is 1. The predicted octanol–water partition coefficient (Wildman–Crippen LogP) is 1.83. The van der Waals surface area contributed by atoms with Crippen molar-refractivity contribution in [1.29, 1.82) is 0 Å². The van der Waals surface area contributed by atoms with Gasteiger partial charge in [-0.05, 0) is 18.6 Å². The minimum absolute atomic E-state index is 0.263. The number of aryl methyl sites for hydroxylation is 2. The van der Waals surface area contributed by atoms with Crippen molar-refractivity contribution in [1.82, 2.24) is 9.78 Å². The molecule has 0 aliphatic heterocycles. The molecule has 2 aromatic rings. The van der Waals surface area contributed by atoms with Gasteiger partial charge < -0.3 is 15.2 Å². The van der Waals surface area contributed by atoms with Gasteiger partial charge in [0.1, 0.15) is 18.5 Å². The standard InChI is InChI=1S/C15H21N3O2/c1-3-14-15(10-18(2)17-14)16-9-12(19)11-20-13-7-5-4-6-8-13/h4-8,10,12,16,19H,3,9,11H2,1-2H3. The predicted molar refractivity (Wildman–Crippen MR) is 79.0 cm³/mol. The molecule has 1 atom stereocenters. The van der Waals surface area contributed by atoms with E-state index in [0.717, 1.165) is 23.6 Å². The lowest BCUT2D eigenvalue weighted by Crippen LogP contribution is -2.26. The van der Waals surface area contributed by atoms with E-state index in [-0.39, 0.29) is 6.61 Å². The summed E-state index contributed by atoms with van der Waals surface area (Å²) in [5.74, 6) is 0.766. The monoisotopic (exact) mass is 275 g/mol. The highest BCUT2D eigenvalue weighted by molar-refractivity contribution is 5.46. The first-order valence-corrected chi connectivity index (χ1v) is 6.81. The molecule has 0 saturated carbocycles. The Balaban J connectivity index is 1.78. The molecule has 5 heteroatoms. The van der Waals surface area contributed by atoms with Crippen LogP contribution in [-0.4, -0.2) is 34.1 Å².